The van der Waals surface area contributed by atoms with Gasteiger partial charge in [-0.15, -0.1) is 0 Å². The van der Waals surface area contributed by atoms with E-state index in [2.05, 4.69) is 17.4 Å². The molecule has 29 heavy (non-hydrogen) atoms. The standard InChI is InChI=1S/C25H24FNO2/c26-21-13-10-18(11-14-21)16-24(28)27-25-22-9-5-4-8-20(22)12-15-23(25)29-17-19-6-2-1-3-7-19/h1-11,13-14,23,25H,12,15-17H2,(H,27,28)/t23-,25+/m1/s1. The van der Waals surface area contributed by atoms with Gasteiger partial charge in [-0.1, -0.05) is 66.7 Å². The van der Waals surface area contributed by atoms with Crippen LogP contribution in [0.5, 0.6) is 0 Å². The van der Waals surface area contributed by atoms with Crippen molar-refractivity contribution >= 4 is 5.91 Å². The van der Waals surface area contributed by atoms with Crippen LogP contribution in [0.25, 0.3) is 0 Å². The molecule has 0 heterocycles. The summed E-state index contributed by atoms with van der Waals surface area (Å²) in [5, 5.41) is 3.17. The third-order valence-corrected chi connectivity index (χ3v) is 5.36. The summed E-state index contributed by atoms with van der Waals surface area (Å²) in [6.07, 6.45) is 1.90. The number of hydrogen-bond acceptors (Lipinski definition) is 2. The SMILES string of the molecule is O=C(Cc1ccc(F)cc1)N[C@H]1c2ccccc2CC[C@H]1OCc1ccccc1. The van der Waals surface area contributed by atoms with Crippen LogP contribution in [0.1, 0.15) is 34.7 Å². The van der Waals surface area contributed by atoms with E-state index in [1.807, 2.05) is 42.5 Å². The minimum Gasteiger partial charge on any atom is -0.371 e. The summed E-state index contributed by atoms with van der Waals surface area (Å²) in [5.74, 6) is -0.392. The Hall–Kier alpha value is -2.98. The first kappa shape index (κ1) is 19.3. The van der Waals surface area contributed by atoms with Crippen LogP contribution in [0.2, 0.25) is 0 Å². The lowest BCUT2D eigenvalue weighted by Crippen LogP contribution is -2.41. The fraction of sp³-hybridized carbons (Fsp3) is 0.240. The van der Waals surface area contributed by atoms with E-state index < -0.39 is 0 Å². The third-order valence-electron chi connectivity index (χ3n) is 5.36. The number of carbonyl (C=O) groups excluding carboxylic acids is 1. The lowest BCUT2D eigenvalue weighted by atomic mass is 9.85. The maximum Gasteiger partial charge on any atom is 0.224 e. The number of carbonyl (C=O) groups is 1. The van der Waals surface area contributed by atoms with Crippen molar-refractivity contribution in [3.63, 3.8) is 0 Å². The molecule has 0 saturated heterocycles. The Morgan fingerprint density at radius 2 is 1.66 bits per heavy atom. The van der Waals surface area contributed by atoms with Gasteiger partial charge in [0.05, 0.1) is 25.2 Å². The van der Waals surface area contributed by atoms with Gasteiger partial charge in [0.15, 0.2) is 0 Å². The van der Waals surface area contributed by atoms with Gasteiger partial charge in [-0.25, -0.2) is 4.39 Å². The number of aryl methyl sites for hydroxylation is 1. The summed E-state index contributed by atoms with van der Waals surface area (Å²) in [6.45, 7) is 0.512. The Morgan fingerprint density at radius 1 is 0.931 bits per heavy atom. The van der Waals surface area contributed by atoms with Gasteiger partial charge < -0.3 is 10.1 Å². The molecular formula is C25H24FNO2. The van der Waals surface area contributed by atoms with Crippen molar-refractivity contribution < 1.29 is 13.9 Å². The lowest BCUT2D eigenvalue weighted by Gasteiger charge is -2.34. The molecule has 148 valence electrons. The predicted molar refractivity (Wildman–Crippen MR) is 111 cm³/mol. The third kappa shape index (κ3) is 4.90. The highest BCUT2D eigenvalue weighted by molar-refractivity contribution is 5.79. The van der Waals surface area contributed by atoms with E-state index in [-0.39, 0.29) is 30.3 Å². The first-order valence-corrected chi connectivity index (χ1v) is 9.96. The highest BCUT2D eigenvalue weighted by Gasteiger charge is 2.31. The Bertz CT molecular complexity index is 956. The van der Waals surface area contributed by atoms with E-state index in [0.717, 1.165) is 29.5 Å². The second kappa shape index (κ2) is 9.01. The first-order chi connectivity index (χ1) is 14.2. The van der Waals surface area contributed by atoms with Crippen molar-refractivity contribution in [2.24, 2.45) is 0 Å². The molecule has 0 unspecified atom stereocenters. The largest absolute Gasteiger partial charge is 0.371 e. The molecule has 0 aliphatic heterocycles. The van der Waals surface area contributed by atoms with Crippen LogP contribution in [0.15, 0.2) is 78.9 Å². The molecule has 0 fully saturated rings. The maximum absolute atomic E-state index is 13.1. The van der Waals surface area contributed by atoms with Crippen molar-refractivity contribution in [2.45, 2.75) is 38.0 Å². The fourth-order valence-electron chi connectivity index (χ4n) is 3.87. The monoisotopic (exact) mass is 389 g/mol. The zero-order valence-electron chi connectivity index (χ0n) is 16.2. The van der Waals surface area contributed by atoms with Crippen molar-refractivity contribution in [1.29, 1.82) is 0 Å². The quantitative estimate of drug-likeness (QED) is 0.660. The summed E-state index contributed by atoms with van der Waals surface area (Å²) < 4.78 is 19.4. The highest BCUT2D eigenvalue weighted by Crippen LogP contribution is 2.32. The molecule has 4 rings (SSSR count). The van der Waals surface area contributed by atoms with Gasteiger partial charge in [-0.3, -0.25) is 4.79 Å². The first-order valence-electron chi connectivity index (χ1n) is 9.96. The van der Waals surface area contributed by atoms with E-state index in [1.54, 1.807) is 12.1 Å². The molecule has 1 aliphatic carbocycles. The molecule has 0 spiro atoms. The number of halogens is 1. The van der Waals surface area contributed by atoms with Gasteiger partial charge in [0.2, 0.25) is 5.91 Å². The minimum atomic E-state index is -0.301. The minimum absolute atomic E-state index is 0.0911. The van der Waals surface area contributed by atoms with E-state index in [1.165, 1.54) is 17.7 Å². The number of fused-ring (bicyclic) bond motifs is 1. The summed E-state index contributed by atoms with van der Waals surface area (Å²) in [4.78, 5) is 12.7. The molecule has 0 aromatic heterocycles. The predicted octanol–water partition coefficient (Wildman–Crippen LogP) is 4.76. The van der Waals surface area contributed by atoms with Crippen LogP contribution < -0.4 is 5.32 Å². The fourth-order valence-corrected chi connectivity index (χ4v) is 3.87. The molecule has 3 aromatic rings. The number of amides is 1. The van der Waals surface area contributed by atoms with Crippen LogP contribution in [0, 0.1) is 5.82 Å². The maximum atomic E-state index is 13.1. The molecule has 0 radical (unpaired) electrons. The molecule has 1 aliphatic rings. The summed E-state index contributed by atoms with van der Waals surface area (Å²) >= 11 is 0. The second-order valence-corrected chi connectivity index (χ2v) is 7.42. The molecular weight excluding hydrogens is 365 g/mol. The van der Waals surface area contributed by atoms with Gasteiger partial charge >= 0.3 is 0 Å². The molecule has 0 saturated carbocycles. The number of hydrogen-bond donors (Lipinski definition) is 1. The van der Waals surface area contributed by atoms with Gasteiger partial charge in [-0.05, 0) is 47.2 Å². The zero-order valence-corrected chi connectivity index (χ0v) is 16.2. The summed E-state index contributed by atoms with van der Waals surface area (Å²) in [5.41, 5.74) is 4.26. The highest BCUT2D eigenvalue weighted by atomic mass is 19.1. The van der Waals surface area contributed by atoms with Gasteiger partial charge in [0.1, 0.15) is 5.82 Å². The van der Waals surface area contributed by atoms with E-state index in [4.69, 9.17) is 4.74 Å². The molecule has 1 amide bonds. The van der Waals surface area contributed by atoms with Gasteiger partial charge in [0, 0.05) is 0 Å². The van der Waals surface area contributed by atoms with Crippen LogP contribution in [0.4, 0.5) is 4.39 Å². The van der Waals surface area contributed by atoms with Crippen molar-refractivity contribution in [3.05, 3.63) is 107 Å². The van der Waals surface area contributed by atoms with E-state index >= 15 is 0 Å². The number of nitrogens with one attached hydrogen (secondary N) is 1. The molecule has 0 bridgehead atoms. The van der Waals surface area contributed by atoms with Crippen molar-refractivity contribution in [2.75, 3.05) is 0 Å². The summed E-state index contributed by atoms with van der Waals surface area (Å²) in [7, 11) is 0. The normalized spacial score (nSPS) is 18.1. The Morgan fingerprint density at radius 3 is 2.45 bits per heavy atom. The zero-order chi connectivity index (χ0) is 20.1. The van der Waals surface area contributed by atoms with Crippen LogP contribution in [-0.4, -0.2) is 12.0 Å². The molecule has 1 N–H and O–H groups in total. The Kier molecular flexibility index (Phi) is 6.01. The average molecular weight is 389 g/mol. The van der Waals surface area contributed by atoms with Crippen LogP contribution in [0.3, 0.4) is 0 Å². The van der Waals surface area contributed by atoms with Crippen molar-refractivity contribution in [3.8, 4) is 0 Å². The lowest BCUT2D eigenvalue weighted by molar-refractivity contribution is -0.122. The Labute approximate surface area is 170 Å². The molecule has 3 nitrogen and oxygen atoms in total. The number of benzene rings is 3. The average Bonchev–Trinajstić information content (AvgIpc) is 2.75. The number of ether oxygens (including phenoxy) is 1. The smallest absolute Gasteiger partial charge is 0.224 e. The van der Waals surface area contributed by atoms with E-state index in [0.29, 0.717) is 6.61 Å². The second-order valence-electron chi connectivity index (χ2n) is 7.42. The van der Waals surface area contributed by atoms with E-state index in [9.17, 15) is 9.18 Å². The van der Waals surface area contributed by atoms with Gasteiger partial charge in [-0.2, -0.15) is 0 Å². The number of rotatable bonds is 6. The van der Waals surface area contributed by atoms with Crippen LogP contribution >= 0.6 is 0 Å². The Balaban J connectivity index is 1.49. The van der Waals surface area contributed by atoms with Gasteiger partial charge in [0.25, 0.3) is 0 Å². The molecule has 3 aromatic carbocycles. The molecule has 4 heteroatoms. The topological polar surface area (TPSA) is 38.3 Å². The molecule has 2 atom stereocenters. The van der Waals surface area contributed by atoms with Crippen molar-refractivity contribution in [1.82, 2.24) is 5.32 Å². The van der Waals surface area contributed by atoms with Crippen LogP contribution in [-0.2, 0) is 29.0 Å². The summed E-state index contributed by atoms with van der Waals surface area (Å²) in [6, 6.07) is 24.1.